The third-order valence-corrected chi connectivity index (χ3v) is 14.0. The summed E-state index contributed by atoms with van der Waals surface area (Å²) in [7, 11) is 1.24. The second-order valence-corrected chi connectivity index (χ2v) is 22.4. The summed E-state index contributed by atoms with van der Waals surface area (Å²) in [6, 6.07) is -0.907. The lowest BCUT2D eigenvalue weighted by molar-refractivity contribution is -0.870. The fraction of sp³-hybridized carbons (Fsp3) is 0.879. The van der Waals surface area contributed by atoms with Gasteiger partial charge in [-0.15, -0.1) is 0 Å². The number of likely N-dealkylation sites (N-methyl/N-ethyl adjacent to an activating group) is 1. The lowest BCUT2D eigenvalue weighted by atomic mass is 10.0. The number of aliphatic hydroxyl groups is 1. The Morgan fingerprint density at radius 2 is 0.836 bits per heavy atom. The molecule has 3 unspecified atom stereocenters. The van der Waals surface area contributed by atoms with Crippen LogP contribution < -0.4 is 10.2 Å². The number of quaternary nitrogens is 1. The first-order chi connectivity index (χ1) is 32.5. The number of amides is 1. The van der Waals surface area contributed by atoms with Gasteiger partial charge in [-0.05, 0) is 44.9 Å². The first-order valence-corrected chi connectivity index (χ1v) is 30.3. The van der Waals surface area contributed by atoms with E-state index in [4.69, 9.17) is 9.05 Å². The Balaban J connectivity index is 4.09. The minimum atomic E-state index is -4.60. The molecule has 0 aliphatic heterocycles. The third kappa shape index (κ3) is 52.4. The standard InChI is InChI=1S/C58H113N2O6P/c1-6-8-10-12-14-16-18-20-22-23-24-25-26-27-28-29-30-31-32-33-34-35-36-38-40-42-44-46-48-50-52-58(62)59-56(55-66-67(63,64)65-54-53-60(3,4)5)57(61)51-49-47-45-43-41-39-37-21-19-17-15-13-11-9-7-2/h19,21,41,43,49,51,56-57,61H,6-18,20,22-40,42,44-48,50,52-55H2,1-5H3,(H-,59,62,63,64)/b21-19+,43-41+,51-49+. The van der Waals surface area contributed by atoms with Gasteiger partial charge in [-0.3, -0.25) is 9.36 Å². The maximum atomic E-state index is 12.9. The zero-order valence-corrected chi connectivity index (χ0v) is 46.0. The zero-order chi connectivity index (χ0) is 49.2. The molecule has 0 radical (unpaired) electrons. The van der Waals surface area contributed by atoms with E-state index in [0.29, 0.717) is 17.4 Å². The summed E-state index contributed by atoms with van der Waals surface area (Å²) in [5, 5.41) is 13.8. The highest BCUT2D eigenvalue weighted by Crippen LogP contribution is 2.38. The van der Waals surface area contributed by atoms with Crippen LogP contribution in [0.15, 0.2) is 36.5 Å². The van der Waals surface area contributed by atoms with Gasteiger partial charge >= 0.3 is 0 Å². The molecule has 0 aromatic carbocycles. The summed E-state index contributed by atoms with van der Waals surface area (Å²) in [5.41, 5.74) is 0. The maximum absolute atomic E-state index is 12.9. The molecular formula is C58H113N2O6P. The van der Waals surface area contributed by atoms with Crippen molar-refractivity contribution >= 4 is 13.7 Å². The van der Waals surface area contributed by atoms with Crippen LogP contribution in [0.1, 0.15) is 277 Å². The summed E-state index contributed by atoms with van der Waals surface area (Å²) >= 11 is 0. The van der Waals surface area contributed by atoms with E-state index in [-0.39, 0.29) is 12.5 Å². The molecule has 0 aliphatic carbocycles. The predicted molar refractivity (Wildman–Crippen MR) is 288 cm³/mol. The second-order valence-electron chi connectivity index (χ2n) is 21.0. The number of hydrogen-bond acceptors (Lipinski definition) is 6. The average Bonchev–Trinajstić information content (AvgIpc) is 3.29. The van der Waals surface area contributed by atoms with Crippen LogP contribution >= 0.6 is 7.82 Å². The fourth-order valence-electron chi connectivity index (χ4n) is 8.54. The molecular weight excluding hydrogens is 852 g/mol. The van der Waals surface area contributed by atoms with Crippen LogP contribution in [-0.4, -0.2) is 68.5 Å². The van der Waals surface area contributed by atoms with E-state index in [1.807, 2.05) is 27.2 Å². The summed E-state index contributed by atoms with van der Waals surface area (Å²) in [6.07, 6.45) is 63.8. The van der Waals surface area contributed by atoms with Crippen molar-refractivity contribution in [2.45, 2.75) is 289 Å². The summed E-state index contributed by atoms with van der Waals surface area (Å²) in [4.78, 5) is 25.4. The molecule has 0 aliphatic rings. The van der Waals surface area contributed by atoms with Gasteiger partial charge in [0.1, 0.15) is 13.2 Å². The van der Waals surface area contributed by atoms with Crippen molar-refractivity contribution in [2.24, 2.45) is 0 Å². The van der Waals surface area contributed by atoms with Crippen molar-refractivity contribution in [1.29, 1.82) is 0 Å². The number of nitrogens with one attached hydrogen (secondary N) is 1. The van der Waals surface area contributed by atoms with Gasteiger partial charge in [0.2, 0.25) is 5.91 Å². The number of phosphoric ester groups is 1. The van der Waals surface area contributed by atoms with Crippen LogP contribution in [0.3, 0.4) is 0 Å². The molecule has 0 aromatic heterocycles. The van der Waals surface area contributed by atoms with Crippen LogP contribution in [0.4, 0.5) is 0 Å². The van der Waals surface area contributed by atoms with Gasteiger partial charge in [0.15, 0.2) is 0 Å². The SMILES string of the molecule is CCCCCCC/C=C/CC/C=C/CC/C=C/C(O)C(COP(=O)([O-])OCC[N+](C)(C)C)NC(=O)CCCCCCCCCCCCCCCCCCCCCCCCCCCCCCCC. The Morgan fingerprint density at radius 3 is 1.21 bits per heavy atom. The molecule has 2 N–H and O–H groups in total. The van der Waals surface area contributed by atoms with Crippen molar-refractivity contribution in [3.63, 3.8) is 0 Å². The molecule has 0 aromatic rings. The van der Waals surface area contributed by atoms with E-state index in [1.54, 1.807) is 6.08 Å². The quantitative estimate of drug-likeness (QED) is 0.0272. The van der Waals surface area contributed by atoms with E-state index in [1.165, 1.54) is 212 Å². The number of nitrogens with zero attached hydrogens (tertiary/aromatic N) is 1. The number of carbonyl (C=O) groups is 1. The summed E-state index contributed by atoms with van der Waals surface area (Å²) in [5.74, 6) is -0.207. The number of allylic oxidation sites excluding steroid dienone is 5. The highest BCUT2D eigenvalue weighted by molar-refractivity contribution is 7.45. The van der Waals surface area contributed by atoms with Gasteiger partial charge in [-0.2, -0.15) is 0 Å². The van der Waals surface area contributed by atoms with Crippen LogP contribution in [0.25, 0.3) is 0 Å². The first kappa shape index (κ1) is 65.7. The Hall–Kier alpha value is -1.28. The van der Waals surface area contributed by atoms with Gasteiger partial charge in [0.25, 0.3) is 7.82 Å². The van der Waals surface area contributed by atoms with E-state index in [2.05, 4.69) is 43.5 Å². The average molecular weight is 966 g/mol. The number of rotatable bonds is 53. The fourth-order valence-corrected chi connectivity index (χ4v) is 9.26. The lowest BCUT2D eigenvalue weighted by Gasteiger charge is -2.29. The predicted octanol–water partition coefficient (Wildman–Crippen LogP) is 16.7. The zero-order valence-electron chi connectivity index (χ0n) is 45.1. The third-order valence-electron chi connectivity index (χ3n) is 13.1. The Labute approximate surface area is 417 Å². The minimum Gasteiger partial charge on any atom is -0.756 e. The van der Waals surface area contributed by atoms with Gasteiger partial charge < -0.3 is 28.8 Å². The molecule has 3 atom stereocenters. The van der Waals surface area contributed by atoms with Gasteiger partial charge in [0, 0.05) is 6.42 Å². The van der Waals surface area contributed by atoms with Gasteiger partial charge in [-0.25, -0.2) is 0 Å². The van der Waals surface area contributed by atoms with Crippen LogP contribution in [0.2, 0.25) is 0 Å². The van der Waals surface area contributed by atoms with Crippen molar-refractivity contribution in [3.8, 4) is 0 Å². The van der Waals surface area contributed by atoms with E-state index < -0.39 is 26.6 Å². The largest absolute Gasteiger partial charge is 0.756 e. The normalized spacial score (nSPS) is 14.2. The smallest absolute Gasteiger partial charge is 0.268 e. The molecule has 0 spiro atoms. The van der Waals surface area contributed by atoms with Crippen molar-refractivity contribution < 1.29 is 32.9 Å². The summed E-state index contributed by atoms with van der Waals surface area (Å²) < 4.78 is 23.3. The molecule has 0 fully saturated rings. The molecule has 0 saturated carbocycles. The number of unbranched alkanes of at least 4 members (excludes halogenated alkanes) is 36. The first-order valence-electron chi connectivity index (χ1n) is 28.9. The number of hydrogen-bond donors (Lipinski definition) is 2. The van der Waals surface area contributed by atoms with Crippen molar-refractivity contribution in [3.05, 3.63) is 36.5 Å². The molecule has 0 bridgehead atoms. The molecule has 8 nitrogen and oxygen atoms in total. The molecule has 9 heteroatoms. The molecule has 396 valence electrons. The highest BCUT2D eigenvalue weighted by atomic mass is 31.2. The number of phosphoric acid groups is 1. The molecule has 0 rings (SSSR count). The van der Waals surface area contributed by atoms with E-state index in [0.717, 1.165) is 44.9 Å². The van der Waals surface area contributed by atoms with Crippen LogP contribution in [0, 0.1) is 0 Å². The van der Waals surface area contributed by atoms with Gasteiger partial charge in [0.05, 0.1) is 39.9 Å². The Bertz CT molecular complexity index is 1190. The molecule has 0 heterocycles. The Kier molecular flexibility index (Phi) is 48.7. The van der Waals surface area contributed by atoms with E-state index in [9.17, 15) is 19.4 Å². The van der Waals surface area contributed by atoms with Crippen LogP contribution in [-0.2, 0) is 18.4 Å². The van der Waals surface area contributed by atoms with Crippen molar-refractivity contribution in [2.75, 3.05) is 40.9 Å². The van der Waals surface area contributed by atoms with Gasteiger partial charge in [-0.1, -0.05) is 262 Å². The topological polar surface area (TPSA) is 108 Å². The van der Waals surface area contributed by atoms with Crippen molar-refractivity contribution in [1.82, 2.24) is 5.32 Å². The minimum absolute atomic E-state index is 0.00756. The Morgan fingerprint density at radius 1 is 0.507 bits per heavy atom. The molecule has 67 heavy (non-hydrogen) atoms. The monoisotopic (exact) mass is 965 g/mol. The molecule has 1 amide bonds. The van der Waals surface area contributed by atoms with Crippen LogP contribution in [0.5, 0.6) is 0 Å². The number of aliphatic hydroxyl groups excluding tert-OH is 1. The molecule has 0 saturated heterocycles. The maximum Gasteiger partial charge on any atom is 0.268 e. The summed E-state index contributed by atoms with van der Waals surface area (Å²) in [6.45, 7) is 4.63. The lowest BCUT2D eigenvalue weighted by Crippen LogP contribution is -2.45. The second kappa shape index (κ2) is 49.7. The van der Waals surface area contributed by atoms with E-state index >= 15 is 0 Å². The highest BCUT2D eigenvalue weighted by Gasteiger charge is 2.23. The number of carbonyl (C=O) groups excluding carboxylic acids is 1.